The molecule has 29 heavy (non-hydrogen) atoms. The van der Waals surface area contributed by atoms with E-state index in [2.05, 4.69) is 17.0 Å². The largest absolute Gasteiger partial charge is 0.395 e. The number of aliphatic hydroxyl groups excluding tert-OH is 1. The average molecular weight is 395 g/mol. The van der Waals surface area contributed by atoms with Crippen molar-refractivity contribution in [2.45, 2.75) is 25.3 Å². The highest BCUT2D eigenvalue weighted by atomic mass is 19.1. The molecule has 0 bridgehead atoms. The third-order valence-electron chi connectivity index (χ3n) is 5.20. The highest BCUT2D eigenvalue weighted by Gasteiger charge is 2.17. The van der Waals surface area contributed by atoms with E-state index in [1.54, 1.807) is 0 Å². The van der Waals surface area contributed by atoms with Crippen molar-refractivity contribution in [1.82, 2.24) is 4.90 Å². The first-order valence-corrected chi connectivity index (χ1v) is 10.0. The second-order valence-electron chi connectivity index (χ2n) is 7.32. The predicted molar refractivity (Wildman–Crippen MR) is 113 cm³/mol. The van der Waals surface area contributed by atoms with Crippen molar-refractivity contribution in [3.8, 4) is 0 Å². The highest BCUT2D eigenvalue weighted by Crippen LogP contribution is 2.26. The molecule has 0 spiro atoms. The Morgan fingerprint density at radius 1 is 0.828 bits per heavy atom. The molecule has 0 saturated carbocycles. The van der Waals surface area contributed by atoms with Gasteiger partial charge in [-0.15, -0.1) is 0 Å². The van der Waals surface area contributed by atoms with E-state index in [9.17, 15) is 13.9 Å². The lowest BCUT2D eigenvalue weighted by molar-refractivity contribution is 0.185. The van der Waals surface area contributed by atoms with E-state index in [1.165, 1.54) is 17.7 Å². The zero-order valence-corrected chi connectivity index (χ0v) is 16.5. The smallest absolute Gasteiger partial charge is 0.126 e. The summed E-state index contributed by atoms with van der Waals surface area (Å²) < 4.78 is 27.9. The van der Waals surface area contributed by atoms with Gasteiger partial charge < -0.3 is 5.11 Å². The second-order valence-corrected chi connectivity index (χ2v) is 7.32. The first-order chi connectivity index (χ1) is 14.2. The molecule has 0 aliphatic heterocycles. The summed E-state index contributed by atoms with van der Waals surface area (Å²) in [5.74, 6) is -0.729. The van der Waals surface area contributed by atoms with Gasteiger partial charge in [0.15, 0.2) is 0 Å². The van der Waals surface area contributed by atoms with Crippen LogP contribution < -0.4 is 0 Å². The number of hydrogen-bond acceptors (Lipinski definition) is 2. The zero-order chi connectivity index (χ0) is 20.5. The summed E-state index contributed by atoms with van der Waals surface area (Å²) in [6, 6.07) is 23.8. The molecule has 1 N–H and O–H groups in total. The summed E-state index contributed by atoms with van der Waals surface area (Å²) in [5.41, 5.74) is 2.70. The van der Waals surface area contributed by atoms with Gasteiger partial charge in [0.1, 0.15) is 11.6 Å². The summed E-state index contributed by atoms with van der Waals surface area (Å²) in [5, 5.41) is 9.47. The quantitative estimate of drug-likeness (QED) is 0.512. The number of halogens is 2. The van der Waals surface area contributed by atoms with Crippen LogP contribution in [0.25, 0.3) is 0 Å². The van der Waals surface area contributed by atoms with Crippen LogP contribution in [-0.2, 0) is 13.0 Å². The molecule has 3 aromatic carbocycles. The van der Waals surface area contributed by atoms with E-state index in [-0.39, 0.29) is 18.3 Å². The molecular formula is C25H27F2NO. The maximum atomic E-state index is 14.2. The monoisotopic (exact) mass is 395 g/mol. The summed E-state index contributed by atoms with van der Waals surface area (Å²) in [6.45, 7) is 2.16. The molecule has 3 rings (SSSR count). The van der Waals surface area contributed by atoms with Crippen molar-refractivity contribution in [2.24, 2.45) is 0 Å². The number of rotatable bonds is 10. The molecule has 0 fully saturated rings. The lowest BCUT2D eigenvalue weighted by Gasteiger charge is -2.25. The van der Waals surface area contributed by atoms with Gasteiger partial charge in [-0.2, -0.15) is 0 Å². The van der Waals surface area contributed by atoms with Gasteiger partial charge in [0, 0.05) is 13.1 Å². The lowest BCUT2D eigenvalue weighted by Crippen LogP contribution is -2.29. The maximum absolute atomic E-state index is 14.2. The van der Waals surface area contributed by atoms with Crippen LogP contribution in [0.5, 0.6) is 0 Å². The van der Waals surface area contributed by atoms with Gasteiger partial charge >= 0.3 is 0 Å². The van der Waals surface area contributed by atoms with E-state index >= 15 is 0 Å². The van der Waals surface area contributed by atoms with Crippen LogP contribution in [0.1, 0.15) is 29.0 Å². The Labute approximate surface area is 171 Å². The Bertz CT molecular complexity index is 871. The van der Waals surface area contributed by atoms with E-state index in [4.69, 9.17) is 0 Å². The molecule has 0 saturated heterocycles. The minimum Gasteiger partial charge on any atom is -0.395 e. The van der Waals surface area contributed by atoms with Crippen LogP contribution in [-0.4, -0.2) is 29.7 Å². The van der Waals surface area contributed by atoms with Crippen molar-refractivity contribution in [2.75, 3.05) is 19.7 Å². The molecule has 0 aliphatic rings. The van der Waals surface area contributed by atoms with Crippen molar-refractivity contribution >= 4 is 0 Å². The molecule has 1 atom stereocenters. The van der Waals surface area contributed by atoms with Gasteiger partial charge in [-0.05, 0) is 60.2 Å². The van der Waals surface area contributed by atoms with E-state index < -0.39 is 5.82 Å². The molecule has 0 unspecified atom stereocenters. The van der Waals surface area contributed by atoms with Crippen molar-refractivity contribution < 1.29 is 13.9 Å². The number of aliphatic hydroxyl groups is 1. The lowest BCUT2D eigenvalue weighted by atomic mass is 9.89. The number of nitrogens with zero attached hydrogens (tertiary/aromatic N) is 1. The van der Waals surface area contributed by atoms with Crippen molar-refractivity contribution in [3.05, 3.63) is 107 Å². The Morgan fingerprint density at radius 2 is 1.52 bits per heavy atom. The van der Waals surface area contributed by atoms with Gasteiger partial charge in [-0.1, -0.05) is 60.7 Å². The zero-order valence-electron chi connectivity index (χ0n) is 16.5. The summed E-state index contributed by atoms with van der Waals surface area (Å²) in [6.07, 6.45) is 1.22. The Morgan fingerprint density at radius 3 is 2.21 bits per heavy atom. The van der Waals surface area contributed by atoms with Crippen LogP contribution in [0.3, 0.4) is 0 Å². The topological polar surface area (TPSA) is 23.5 Å². The Kier molecular flexibility index (Phi) is 7.91. The molecule has 0 aliphatic carbocycles. The van der Waals surface area contributed by atoms with E-state index in [0.29, 0.717) is 18.5 Å². The molecule has 0 heterocycles. The average Bonchev–Trinajstić information content (AvgIpc) is 2.75. The fourth-order valence-corrected chi connectivity index (χ4v) is 3.67. The molecule has 4 heteroatoms. The van der Waals surface area contributed by atoms with Crippen LogP contribution in [0.15, 0.2) is 78.9 Å². The molecule has 3 aromatic rings. The molecular weight excluding hydrogens is 368 g/mol. The second kappa shape index (κ2) is 10.8. The predicted octanol–water partition coefficient (Wildman–Crippen LogP) is 5.18. The maximum Gasteiger partial charge on any atom is 0.126 e. The third kappa shape index (κ3) is 6.48. The van der Waals surface area contributed by atoms with E-state index in [1.807, 2.05) is 48.5 Å². The normalized spacial score (nSPS) is 12.3. The minimum atomic E-state index is -0.417. The summed E-state index contributed by atoms with van der Waals surface area (Å²) in [4.78, 5) is 2.20. The summed E-state index contributed by atoms with van der Waals surface area (Å²) >= 11 is 0. The molecule has 2 nitrogen and oxygen atoms in total. The van der Waals surface area contributed by atoms with Crippen molar-refractivity contribution in [1.29, 1.82) is 0 Å². The van der Waals surface area contributed by atoms with Gasteiger partial charge in [-0.25, -0.2) is 8.78 Å². The molecule has 0 radical (unpaired) electrons. The fraction of sp³-hybridized carbons (Fsp3) is 0.280. The van der Waals surface area contributed by atoms with Crippen molar-refractivity contribution in [3.63, 3.8) is 0 Å². The standard InChI is InChI=1S/C25H27F2NO/c26-24-11-12-25(27)23(18-24)17-22(21-9-5-2-6-10-21)13-14-28(15-16-29)19-20-7-3-1-4-8-20/h1-12,18,22,29H,13-17,19H2/t22-/m0/s1. The first kappa shape index (κ1) is 21.2. The van der Waals surface area contributed by atoms with Gasteiger partial charge in [-0.3, -0.25) is 4.90 Å². The van der Waals surface area contributed by atoms with Gasteiger partial charge in [0.25, 0.3) is 0 Å². The van der Waals surface area contributed by atoms with E-state index in [0.717, 1.165) is 31.1 Å². The van der Waals surface area contributed by atoms with Gasteiger partial charge in [0.2, 0.25) is 0 Å². The fourth-order valence-electron chi connectivity index (χ4n) is 3.67. The molecule has 0 amide bonds. The first-order valence-electron chi connectivity index (χ1n) is 10.0. The third-order valence-corrected chi connectivity index (χ3v) is 5.20. The summed E-state index contributed by atoms with van der Waals surface area (Å²) in [7, 11) is 0. The Balaban J connectivity index is 1.74. The van der Waals surface area contributed by atoms with Crippen LogP contribution >= 0.6 is 0 Å². The van der Waals surface area contributed by atoms with Crippen LogP contribution in [0, 0.1) is 11.6 Å². The Hall–Kier alpha value is -2.56. The van der Waals surface area contributed by atoms with Crippen LogP contribution in [0.2, 0.25) is 0 Å². The minimum absolute atomic E-state index is 0.0597. The van der Waals surface area contributed by atoms with Gasteiger partial charge in [0.05, 0.1) is 6.61 Å². The number of benzene rings is 3. The SMILES string of the molecule is OCCN(CC[C@@H](Cc1cc(F)ccc1F)c1ccccc1)Cc1ccccc1. The number of hydrogen-bond donors (Lipinski definition) is 1. The molecule has 152 valence electrons. The molecule has 0 aromatic heterocycles. The highest BCUT2D eigenvalue weighted by molar-refractivity contribution is 5.26. The van der Waals surface area contributed by atoms with Crippen LogP contribution in [0.4, 0.5) is 8.78 Å².